The Morgan fingerprint density at radius 1 is 0.533 bits per heavy atom. The Hall–Kier alpha value is -0.610. The summed E-state index contributed by atoms with van der Waals surface area (Å²) in [4.78, 5) is 12.6. The van der Waals surface area contributed by atoms with E-state index in [0.29, 0.717) is 26.4 Å². The van der Waals surface area contributed by atoms with Crippen molar-refractivity contribution in [3.05, 3.63) is 0 Å². The van der Waals surface area contributed by atoms with Crippen LogP contribution in [-0.4, -0.2) is 39.0 Å². The lowest BCUT2D eigenvalue weighted by atomic mass is 9.94. The van der Waals surface area contributed by atoms with Crippen molar-refractivity contribution < 1.29 is 19.0 Å². The fourth-order valence-electron chi connectivity index (χ4n) is 3.61. The minimum atomic E-state index is -0.0146. The van der Waals surface area contributed by atoms with E-state index in [0.717, 1.165) is 45.1 Å². The SMILES string of the molecule is CCCCCCCCCC(CCCCCCC)C(=O)OCCOCCOCCCC. The molecule has 1 atom stereocenters. The molecule has 0 spiro atoms. The van der Waals surface area contributed by atoms with Crippen molar-refractivity contribution >= 4 is 5.97 Å². The van der Waals surface area contributed by atoms with Crippen LogP contribution in [0.5, 0.6) is 0 Å². The van der Waals surface area contributed by atoms with E-state index in [1.165, 1.54) is 64.2 Å². The van der Waals surface area contributed by atoms with Crippen molar-refractivity contribution in [3.63, 3.8) is 0 Å². The molecule has 0 amide bonds. The lowest BCUT2D eigenvalue weighted by molar-refractivity contribution is -0.150. The number of ether oxygens (including phenoxy) is 3. The number of rotatable bonds is 24. The summed E-state index contributed by atoms with van der Waals surface area (Å²) in [5.41, 5.74) is 0. The summed E-state index contributed by atoms with van der Waals surface area (Å²) < 4.78 is 16.5. The second-order valence-corrected chi connectivity index (χ2v) is 8.56. The average molecular weight is 429 g/mol. The van der Waals surface area contributed by atoms with E-state index in [1.54, 1.807) is 0 Å². The van der Waals surface area contributed by atoms with Crippen molar-refractivity contribution in [1.82, 2.24) is 0 Å². The summed E-state index contributed by atoms with van der Waals surface area (Å²) in [6.07, 6.45) is 19.4. The van der Waals surface area contributed by atoms with E-state index in [1.807, 2.05) is 0 Å². The summed E-state index contributed by atoms with van der Waals surface area (Å²) >= 11 is 0. The highest BCUT2D eigenvalue weighted by molar-refractivity contribution is 5.72. The second kappa shape index (κ2) is 24.7. The third-order valence-corrected chi connectivity index (χ3v) is 5.63. The summed E-state index contributed by atoms with van der Waals surface area (Å²) in [6.45, 7) is 9.45. The Kier molecular flexibility index (Phi) is 24.2. The molecule has 0 bridgehead atoms. The van der Waals surface area contributed by atoms with Gasteiger partial charge in [-0.15, -0.1) is 0 Å². The monoisotopic (exact) mass is 428 g/mol. The smallest absolute Gasteiger partial charge is 0.309 e. The first-order valence-electron chi connectivity index (χ1n) is 13.1. The molecule has 0 saturated carbocycles. The van der Waals surface area contributed by atoms with Gasteiger partial charge in [-0.1, -0.05) is 104 Å². The Balaban J connectivity index is 3.96. The van der Waals surface area contributed by atoms with Crippen LogP contribution in [-0.2, 0) is 19.0 Å². The number of hydrogen-bond donors (Lipinski definition) is 0. The largest absolute Gasteiger partial charge is 0.463 e. The lowest BCUT2D eigenvalue weighted by Crippen LogP contribution is -2.20. The molecular weight excluding hydrogens is 376 g/mol. The Morgan fingerprint density at radius 2 is 0.967 bits per heavy atom. The number of carbonyl (C=O) groups excluding carboxylic acids is 1. The van der Waals surface area contributed by atoms with Crippen molar-refractivity contribution in [2.24, 2.45) is 5.92 Å². The fraction of sp³-hybridized carbons (Fsp3) is 0.962. The zero-order chi connectivity index (χ0) is 22.1. The predicted molar refractivity (Wildman–Crippen MR) is 127 cm³/mol. The van der Waals surface area contributed by atoms with Crippen LogP contribution >= 0.6 is 0 Å². The summed E-state index contributed by atoms with van der Waals surface area (Å²) in [6, 6.07) is 0. The van der Waals surface area contributed by atoms with Gasteiger partial charge in [0.2, 0.25) is 0 Å². The van der Waals surface area contributed by atoms with Crippen LogP contribution in [0.4, 0.5) is 0 Å². The molecule has 0 aliphatic carbocycles. The highest BCUT2D eigenvalue weighted by Crippen LogP contribution is 2.20. The van der Waals surface area contributed by atoms with E-state index in [-0.39, 0.29) is 11.9 Å². The highest BCUT2D eigenvalue weighted by atomic mass is 16.6. The van der Waals surface area contributed by atoms with Crippen molar-refractivity contribution in [2.45, 2.75) is 124 Å². The van der Waals surface area contributed by atoms with Gasteiger partial charge in [0, 0.05) is 6.61 Å². The van der Waals surface area contributed by atoms with Crippen LogP contribution < -0.4 is 0 Å². The molecule has 180 valence electrons. The van der Waals surface area contributed by atoms with Gasteiger partial charge in [-0.2, -0.15) is 0 Å². The molecule has 0 saturated heterocycles. The minimum Gasteiger partial charge on any atom is -0.463 e. The summed E-state index contributed by atoms with van der Waals surface area (Å²) in [5.74, 6) is 0.0546. The maximum absolute atomic E-state index is 12.6. The minimum absolute atomic E-state index is 0.0146. The maximum atomic E-state index is 12.6. The van der Waals surface area contributed by atoms with Gasteiger partial charge in [0.05, 0.1) is 25.7 Å². The zero-order valence-electron chi connectivity index (χ0n) is 20.6. The molecule has 0 aromatic carbocycles. The fourth-order valence-corrected chi connectivity index (χ4v) is 3.61. The molecule has 0 N–H and O–H groups in total. The normalized spacial score (nSPS) is 12.2. The molecule has 0 radical (unpaired) electrons. The van der Waals surface area contributed by atoms with E-state index in [4.69, 9.17) is 14.2 Å². The molecular formula is C26H52O4. The quantitative estimate of drug-likeness (QED) is 0.118. The molecule has 4 heteroatoms. The van der Waals surface area contributed by atoms with Crippen molar-refractivity contribution in [1.29, 1.82) is 0 Å². The molecule has 0 rings (SSSR count). The standard InChI is InChI=1S/C26H52O4/c1-4-7-10-12-13-15-17-19-25(18-16-14-11-8-5-2)26(27)30-24-23-29-22-21-28-20-9-6-3/h25H,4-24H2,1-3H3. The van der Waals surface area contributed by atoms with Crippen LogP contribution in [0.2, 0.25) is 0 Å². The third kappa shape index (κ3) is 20.7. The van der Waals surface area contributed by atoms with E-state index in [9.17, 15) is 4.79 Å². The van der Waals surface area contributed by atoms with Crippen molar-refractivity contribution in [2.75, 3.05) is 33.0 Å². The molecule has 0 fully saturated rings. The van der Waals surface area contributed by atoms with E-state index < -0.39 is 0 Å². The molecule has 1 unspecified atom stereocenters. The summed E-state index contributed by atoms with van der Waals surface area (Å²) in [7, 11) is 0. The van der Waals surface area contributed by atoms with Gasteiger partial charge in [-0.05, 0) is 19.3 Å². The van der Waals surface area contributed by atoms with Gasteiger partial charge in [-0.3, -0.25) is 4.79 Å². The van der Waals surface area contributed by atoms with Crippen LogP contribution in [0.3, 0.4) is 0 Å². The van der Waals surface area contributed by atoms with Gasteiger partial charge in [0.25, 0.3) is 0 Å². The Morgan fingerprint density at radius 3 is 1.50 bits per heavy atom. The van der Waals surface area contributed by atoms with Crippen LogP contribution in [0, 0.1) is 5.92 Å². The first kappa shape index (κ1) is 29.4. The van der Waals surface area contributed by atoms with Crippen LogP contribution in [0.15, 0.2) is 0 Å². The van der Waals surface area contributed by atoms with Crippen LogP contribution in [0.1, 0.15) is 124 Å². The van der Waals surface area contributed by atoms with E-state index in [2.05, 4.69) is 20.8 Å². The Bertz CT molecular complexity index is 346. The molecule has 0 aliphatic rings. The van der Waals surface area contributed by atoms with E-state index >= 15 is 0 Å². The van der Waals surface area contributed by atoms with Gasteiger partial charge < -0.3 is 14.2 Å². The molecule has 0 aromatic heterocycles. The van der Waals surface area contributed by atoms with Crippen LogP contribution in [0.25, 0.3) is 0 Å². The molecule has 30 heavy (non-hydrogen) atoms. The predicted octanol–water partition coefficient (Wildman–Crippen LogP) is 7.48. The second-order valence-electron chi connectivity index (χ2n) is 8.56. The van der Waals surface area contributed by atoms with Gasteiger partial charge >= 0.3 is 5.97 Å². The molecule has 0 aromatic rings. The van der Waals surface area contributed by atoms with Crippen molar-refractivity contribution in [3.8, 4) is 0 Å². The highest BCUT2D eigenvalue weighted by Gasteiger charge is 2.19. The number of unbranched alkanes of at least 4 members (excludes halogenated alkanes) is 11. The number of esters is 1. The van der Waals surface area contributed by atoms with Gasteiger partial charge in [-0.25, -0.2) is 0 Å². The summed E-state index contributed by atoms with van der Waals surface area (Å²) in [5, 5.41) is 0. The van der Waals surface area contributed by atoms with Gasteiger partial charge in [0.15, 0.2) is 0 Å². The molecule has 4 nitrogen and oxygen atoms in total. The van der Waals surface area contributed by atoms with Gasteiger partial charge in [0.1, 0.15) is 6.61 Å². The maximum Gasteiger partial charge on any atom is 0.309 e. The average Bonchev–Trinajstić information content (AvgIpc) is 2.75. The number of hydrogen-bond acceptors (Lipinski definition) is 4. The zero-order valence-corrected chi connectivity index (χ0v) is 20.6. The molecule has 0 aliphatic heterocycles. The Labute approximate surface area is 187 Å². The first-order chi connectivity index (χ1) is 14.8. The first-order valence-corrected chi connectivity index (χ1v) is 13.1. The number of carbonyl (C=O) groups is 1. The third-order valence-electron chi connectivity index (χ3n) is 5.63. The molecule has 0 heterocycles. The lowest BCUT2D eigenvalue weighted by Gasteiger charge is -2.16. The topological polar surface area (TPSA) is 44.8 Å².